The molecule has 7 heteroatoms. The van der Waals surface area contributed by atoms with Crippen molar-refractivity contribution in [2.24, 2.45) is 0 Å². The molecule has 0 saturated heterocycles. The van der Waals surface area contributed by atoms with E-state index in [0.29, 0.717) is 29.5 Å². The lowest BCUT2D eigenvalue weighted by atomic mass is 10.2. The number of rotatable bonds is 6. The lowest BCUT2D eigenvalue weighted by molar-refractivity contribution is 0.102. The SMILES string of the molecule is CCOc1ccc(Nc2ccc(C(=O)Nc3ccc4c(c3)OCO4)nc2)cc1. The van der Waals surface area contributed by atoms with Gasteiger partial charge in [-0.25, -0.2) is 4.98 Å². The zero-order chi connectivity index (χ0) is 19.3. The van der Waals surface area contributed by atoms with Gasteiger partial charge in [-0.05, 0) is 55.5 Å². The van der Waals surface area contributed by atoms with Crippen molar-refractivity contribution >= 4 is 23.0 Å². The van der Waals surface area contributed by atoms with Crippen LogP contribution in [0.4, 0.5) is 17.1 Å². The van der Waals surface area contributed by atoms with E-state index in [4.69, 9.17) is 14.2 Å². The molecule has 0 saturated carbocycles. The van der Waals surface area contributed by atoms with Gasteiger partial charge in [-0.2, -0.15) is 0 Å². The van der Waals surface area contributed by atoms with Crippen LogP contribution in [-0.4, -0.2) is 24.3 Å². The standard InChI is InChI=1S/C21H19N3O4/c1-2-26-17-7-3-14(4-8-17)23-16-5-9-18(22-12-16)21(25)24-15-6-10-19-20(11-15)28-13-27-19/h3-12,23H,2,13H2,1H3,(H,24,25). The van der Waals surface area contributed by atoms with Crippen LogP contribution in [0.25, 0.3) is 0 Å². The summed E-state index contributed by atoms with van der Waals surface area (Å²) in [7, 11) is 0. The number of anilines is 3. The second kappa shape index (κ2) is 7.87. The Hall–Kier alpha value is -3.74. The molecule has 0 unspecified atom stereocenters. The van der Waals surface area contributed by atoms with Crippen LogP contribution in [-0.2, 0) is 0 Å². The van der Waals surface area contributed by atoms with Crippen molar-refractivity contribution in [2.45, 2.75) is 6.92 Å². The quantitative estimate of drug-likeness (QED) is 0.670. The van der Waals surface area contributed by atoms with E-state index >= 15 is 0 Å². The summed E-state index contributed by atoms with van der Waals surface area (Å²) in [6.07, 6.45) is 1.62. The first-order valence-corrected chi connectivity index (χ1v) is 8.88. The van der Waals surface area contributed by atoms with E-state index in [-0.39, 0.29) is 12.7 Å². The Kier molecular flexibility index (Phi) is 4.97. The average molecular weight is 377 g/mol. The second-order valence-corrected chi connectivity index (χ2v) is 6.04. The van der Waals surface area contributed by atoms with Crippen LogP contribution in [0.5, 0.6) is 17.2 Å². The Balaban J connectivity index is 1.39. The first-order chi connectivity index (χ1) is 13.7. The molecule has 4 rings (SSSR count). The van der Waals surface area contributed by atoms with E-state index in [0.717, 1.165) is 17.1 Å². The van der Waals surface area contributed by atoms with Gasteiger partial charge in [0.1, 0.15) is 11.4 Å². The molecule has 3 aromatic rings. The summed E-state index contributed by atoms with van der Waals surface area (Å²) >= 11 is 0. The molecule has 1 aliphatic rings. The van der Waals surface area contributed by atoms with E-state index in [9.17, 15) is 4.79 Å². The number of pyridine rings is 1. The van der Waals surface area contributed by atoms with Gasteiger partial charge in [-0.1, -0.05) is 0 Å². The maximum absolute atomic E-state index is 12.4. The van der Waals surface area contributed by atoms with E-state index in [2.05, 4.69) is 15.6 Å². The largest absolute Gasteiger partial charge is 0.494 e. The molecule has 0 bridgehead atoms. The molecule has 28 heavy (non-hydrogen) atoms. The number of nitrogens with one attached hydrogen (secondary N) is 2. The van der Waals surface area contributed by atoms with E-state index in [1.54, 1.807) is 36.5 Å². The highest BCUT2D eigenvalue weighted by Gasteiger charge is 2.15. The van der Waals surface area contributed by atoms with Gasteiger partial charge < -0.3 is 24.8 Å². The van der Waals surface area contributed by atoms with Crippen molar-refractivity contribution in [3.8, 4) is 17.2 Å². The van der Waals surface area contributed by atoms with Gasteiger partial charge in [0.2, 0.25) is 6.79 Å². The van der Waals surface area contributed by atoms with Crippen molar-refractivity contribution in [2.75, 3.05) is 24.0 Å². The van der Waals surface area contributed by atoms with Gasteiger partial charge in [-0.15, -0.1) is 0 Å². The number of aromatic nitrogens is 1. The lowest BCUT2D eigenvalue weighted by Gasteiger charge is -2.09. The molecule has 0 aliphatic carbocycles. The number of nitrogens with zero attached hydrogens (tertiary/aromatic N) is 1. The van der Waals surface area contributed by atoms with Crippen LogP contribution < -0.4 is 24.8 Å². The number of carbonyl (C=O) groups is 1. The van der Waals surface area contributed by atoms with Gasteiger partial charge in [0.15, 0.2) is 11.5 Å². The topological polar surface area (TPSA) is 81.7 Å². The van der Waals surface area contributed by atoms with Crippen molar-refractivity contribution in [3.63, 3.8) is 0 Å². The molecule has 1 aromatic heterocycles. The maximum atomic E-state index is 12.4. The summed E-state index contributed by atoms with van der Waals surface area (Å²) in [6, 6.07) is 16.3. The number of amides is 1. The van der Waals surface area contributed by atoms with E-state index < -0.39 is 0 Å². The fraction of sp³-hybridized carbons (Fsp3) is 0.143. The minimum Gasteiger partial charge on any atom is -0.494 e. The number of hydrogen-bond donors (Lipinski definition) is 2. The molecule has 2 heterocycles. The van der Waals surface area contributed by atoms with E-state index in [1.165, 1.54) is 0 Å². The monoisotopic (exact) mass is 377 g/mol. The third kappa shape index (κ3) is 3.98. The Morgan fingerprint density at radius 3 is 2.50 bits per heavy atom. The zero-order valence-corrected chi connectivity index (χ0v) is 15.3. The summed E-state index contributed by atoms with van der Waals surface area (Å²) in [5.74, 6) is 1.80. The number of ether oxygens (including phenoxy) is 3. The van der Waals surface area contributed by atoms with Crippen molar-refractivity contribution in [1.82, 2.24) is 4.98 Å². The number of benzene rings is 2. The van der Waals surface area contributed by atoms with Crippen LogP contribution in [0.15, 0.2) is 60.8 Å². The van der Waals surface area contributed by atoms with Crippen LogP contribution >= 0.6 is 0 Å². The number of fused-ring (bicyclic) bond motifs is 1. The summed E-state index contributed by atoms with van der Waals surface area (Å²) in [4.78, 5) is 16.6. The Morgan fingerprint density at radius 2 is 1.75 bits per heavy atom. The lowest BCUT2D eigenvalue weighted by Crippen LogP contribution is -2.13. The van der Waals surface area contributed by atoms with E-state index in [1.807, 2.05) is 31.2 Å². The molecule has 1 amide bonds. The molecule has 7 nitrogen and oxygen atoms in total. The van der Waals surface area contributed by atoms with Crippen LogP contribution in [0.3, 0.4) is 0 Å². The fourth-order valence-corrected chi connectivity index (χ4v) is 2.74. The molecule has 1 aliphatic heterocycles. The zero-order valence-electron chi connectivity index (χ0n) is 15.3. The second-order valence-electron chi connectivity index (χ2n) is 6.04. The fourth-order valence-electron chi connectivity index (χ4n) is 2.74. The molecule has 0 radical (unpaired) electrons. The van der Waals surface area contributed by atoms with Crippen molar-refractivity contribution in [3.05, 3.63) is 66.5 Å². The normalized spacial score (nSPS) is 11.8. The maximum Gasteiger partial charge on any atom is 0.274 e. The smallest absolute Gasteiger partial charge is 0.274 e. The van der Waals surface area contributed by atoms with Crippen LogP contribution in [0.2, 0.25) is 0 Å². The van der Waals surface area contributed by atoms with Gasteiger partial charge in [0, 0.05) is 17.4 Å². The Bertz CT molecular complexity index is 972. The van der Waals surface area contributed by atoms with Crippen molar-refractivity contribution in [1.29, 1.82) is 0 Å². The molecular weight excluding hydrogens is 358 g/mol. The minimum atomic E-state index is -0.300. The first-order valence-electron chi connectivity index (χ1n) is 8.88. The molecule has 0 fully saturated rings. The molecule has 0 atom stereocenters. The third-order valence-electron chi connectivity index (χ3n) is 4.08. The molecular formula is C21H19N3O4. The number of hydrogen-bond acceptors (Lipinski definition) is 6. The Morgan fingerprint density at radius 1 is 1.00 bits per heavy atom. The summed E-state index contributed by atoms with van der Waals surface area (Å²) in [5, 5.41) is 6.04. The average Bonchev–Trinajstić information content (AvgIpc) is 3.18. The highest BCUT2D eigenvalue weighted by Crippen LogP contribution is 2.34. The molecule has 0 spiro atoms. The highest BCUT2D eigenvalue weighted by molar-refractivity contribution is 6.03. The summed E-state index contributed by atoms with van der Waals surface area (Å²) < 4.78 is 16.0. The summed E-state index contributed by atoms with van der Waals surface area (Å²) in [6.45, 7) is 2.77. The van der Waals surface area contributed by atoms with Crippen molar-refractivity contribution < 1.29 is 19.0 Å². The first kappa shape index (κ1) is 17.7. The number of carbonyl (C=O) groups excluding carboxylic acids is 1. The van der Waals surface area contributed by atoms with Crippen LogP contribution in [0, 0.1) is 0 Å². The summed E-state index contributed by atoms with van der Waals surface area (Å²) in [5.41, 5.74) is 2.62. The van der Waals surface area contributed by atoms with Gasteiger partial charge >= 0.3 is 0 Å². The van der Waals surface area contributed by atoms with Gasteiger partial charge in [0.05, 0.1) is 18.5 Å². The Labute approximate surface area is 162 Å². The molecule has 2 N–H and O–H groups in total. The highest BCUT2D eigenvalue weighted by atomic mass is 16.7. The van der Waals surface area contributed by atoms with Crippen LogP contribution in [0.1, 0.15) is 17.4 Å². The molecule has 2 aromatic carbocycles. The minimum absolute atomic E-state index is 0.192. The van der Waals surface area contributed by atoms with Gasteiger partial charge in [0.25, 0.3) is 5.91 Å². The van der Waals surface area contributed by atoms with Gasteiger partial charge in [-0.3, -0.25) is 4.79 Å². The molecule has 142 valence electrons. The predicted octanol–water partition coefficient (Wildman–Crippen LogP) is 4.20. The third-order valence-corrected chi connectivity index (χ3v) is 4.08. The predicted molar refractivity (Wildman–Crippen MR) is 106 cm³/mol.